The Morgan fingerprint density at radius 3 is 2.69 bits per heavy atom. The van der Waals surface area contributed by atoms with Crippen molar-refractivity contribution in [3.8, 4) is 0 Å². The van der Waals surface area contributed by atoms with Gasteiger partial charge in [-0.3, -0.25) is 4.99 Å². The Balaban J connectivity index is 1.74. The molecule has 1 saturated carbocycles. The largest absolute Gasteiger partial charge is 0.372 e. The SMILES string of the molecule is c1ccc(CC(C2=NCCN2)C2CC2)cc1. The van der Waals surface area contributed by atoms with Gasteiger partial charge in [0.05, 0.1) is 6.54 Å². The van der Waals surface area contributed by atoms with E-state index < -0.39 is 0 Å². The van der Waals surface area contributed by atoms with E-state index >= 15 is 0 Å². The monoisotopic (exact) mass is 214 g/mol. The highest BCUT2D eigenvalue weighted by atomic mass is 15.1. The third-order valence-electron chi connectivity index (χ3n) is 3.54. The Kier molecular flexibility index (Phi) is 2.65. The predicted molar refractivity (Wildman–Crippen MR) is 66.7 cm³/mol. The van der Waals surface area contributed by atoms with Crippen molar-refractivity contribution < 1.29 is 0 Å². The van der Waals surface area contributed by atoms with Crippen LogP contribution in [-0.4, -0.2) is 18.9 Å². The lowest BCUT2D eigenvalue weighted by molar-refractivity contribution is 0.589. The zero-order chi connectivity index (χ0) is 10.8. The minimum Gasteiger partial charge on any atom is -0.372 e. The average Bonchev–Trinajstić information content (AvgIpc) is 3.02. The van der Waals surface area contributed by atoms with Crippen molar-refractivity contribution in [1.82, 2.24) is 5.32 Å². The summed E-state index contributed by atoms with van der Waals surface area (Å²) in [6.07, 6.45) is 3.92. The summed E-state index contributed by atoms with van der Waals surface area (Å²) in [5.74, 6) is 2.79. The van der Waals surface area contributed by atoms with Gasteiger partial charge in [0.15, 0.2) is 0 Å². The first-order chi connectivity index (χ1) is 7.93. The fourth-order valence-electron chi connectivity index (χ4n) is 2.52. The highest BCUT2D eigenvalue weighted by Crippen LogP contribution is 2.39. The molecular weight excluding hydrogens is 196 g/mol. The number of hydrogen-bond donors (Lipinski definition) is 1. The van der Waals surface area contributed by atoms with Gasteiger partial charge < -0.3 is 5.32 Å². The molecule has 1 heterocycles. The number of amidine groups is 1. The van der Waals surface area contributed by atoms with Crippen molar-refractivity contribution in [2.24, 2.45) is 16.8 Å². The average molecular weight is 214 g/mol. The quantitative estimate of drug-likeness (QED) is 0.817. The standard InChI is InChI=1S/C14H18N2/c1-2-4-11(5-3-1)10-13(12-6-7-12)14-15-8-9-16-14/h1-5,12-13H,6-10H2,(H,15,16). The van der Waals surface area contributed by atoms with Crippen LogP contribution in [0.25, 0.3) is 0 Å². The van der Waals surface area contributed by atoms with E-state index in [1.54, 1.807) is 0 Å². The topological polar surface area (TPSA) is 24.4 Å². The number of rotatable bonds is 4. The van der Waals surface area contributed by atoms with Crippen LogP contribution in [-0.2, 0) is 6.42 Å². The molecule has 3 rings (SSSR count). The number of nitrogens with zero attached hydrogens (tertiary/aromatic N) is 1. The number of aliphatic imine (C=N–C) groups is 1. The molecule has 0 saturated heterocycles. The van der Waals surface area contributed by atoms with Gasteiger partial charge in [-0.05, 0) is 30.7 Å². The molecule has 16 heavy (non-hydrogen) atoms. The van der Waals surface area contributed by atoms with E-state index in [2.05, 4.69) is 40.6 Å². The predicted octanol–water partition coefficient (Wildman–Crippen LogP) is 2.26. The molecule has 2 aliphatic rings. The fraction of sp³-hybridized carbons (Fsp3) is 0.500. The molecule has 0 aromatic heterocycles. The second-order valence-corrected chi connectivity index (χ2v) is 4.83. The van der Waals surface area contributed by atoms with Gasteiger partial charge >= 0.3 is 0 Å². The molecule has 1 N–H and O–H groups in total. The summed E-state index contributed by atoms with van der Waals surface area (Å²) in [4.78, 5) is 4.60. The molecule has 1 aliphatic carbocycles. The Labute approximate surface area is 96.8 Å². The lowest BCUT2D eigenvalue weighted by Crippen LogP contribution is -2.29. The van der Waals surface area contributed by atoms with E-state index in [-0.39, 0.29) is 0 Å². The summed E-state index contributed by atoms with van der Waals surface area (Å²) >= 11 is 0. The van der Waals surface area contributed by atoms with E-state index in [1.165, 1.54) is 24.2 Å². The van der Waals surface area contributed by atoms with Crippen LogP contribution in [0.1, 0.15) is 18.4 Å². The highest BCUT2D eigenvalue weighted by Gasteiger charge is 2.35. The molecule has 1 aliphatic heterocycles. The molecule has 1 fully saturated rings. The third-order valence-corrected chi connectivity index (χ3v) is 3.54. The maximum Gasteiger partial charge on any atom is 0.100 e. The third kappa shape index (κ3) is 2.11. The molecule has 0 bridgehead atoms. The zero-order valence-electron chi connectivity index (χ0n) is 9.52. The Morgan fingerprint density at radius 2 is 2.06 bits per heavy atom. The summed E-state index contributed by atoms with van der Waals surface area (Å²) in [5, 5.41) is 3.45. The maximum atomic E-state index is 4.60. The summed E-state index contributed by atoms with van der Waals surface area (Å²) in [6.45, 7) is 2.00. The van der Waals surface area contributed by atoms with Crippen LogP contribution in [0.4, 0.5) is 0 Å². The fourth-order valence-corrected chi connectivity index (χ4v) is 2.52. The molecule has 1 aromatic rings. The van der Waals surface area contributed by atoms with Crippen molar-refractivity contribution in [1.29, 1.82) is 0 Å². The second kappa shape index (κ2) is 4.28. The van der Waals surface area contributed by atoms with Crippen LogP contribution >= 0.6 is 0 Å². The first-order valence-electron chi connectivity index (χ1n) is 6.25. The number of benzene rings is 1. The molecule has 1 aromatic carbocycles. The molecular formula is C14H18N2. The first-order valence-corrected chi connectivity index (χ1v) is 6.25. The van der Waals surface area contributed by atoms with Crippen LogP contribution < -0.4 is 5.32 Å². The first kappa shape index (κ1) is 9.88. The smallest absolute Gasteiger partial charge is 0.100 e. The van der Waals surface area contributed by atoms with Crippen molar-refractivity contribution in [3.05, 3.63) is 35.9 Å². The summed E-state index contributed by atoms with van der Waals surface area (Å²) in [6, 6.07) is 10.8. The van der Waals surface area contributed by atoms with Gasteiger partial charge in [-0.1, -0.05) is 30.3 Å². The molecule has 2 nitrogen and oxygen atoms in total. The molecule has 1 atom stereocenters. The summed E-state index contributed by atoms with van der Waals surface area (Å²) < 4.78 is 0. The van der Waals surface area contributed by atoms with Crippen LogP contribution in [0.3, 0.4) is 0 Å². The molecule has 1 unspecified atom stereocenters. The van der Waals surface area contributed by atoms with Gasteiger partial charge in [-0.2, -0.15) is 0 Å². The zero-order valence-corrected chi connectivity index (χ0v) is 9.52. The molecule has 0 amide bonds. The van der Waals surface area contributed by atoms with Gasteiger partial charge in [0, 0.05) is 12.5 Å². The van der Waals surface area contributed by atoms with Crippen molar-refractivity contribution in [3.63, 3.8) is 0 Å². The molecule has 0 radical (unpaired) electrons. The minimum absolute atomic E-state index is 0.643. The minimum atomic E-state index is 0.643. The van der Waals surface area contributed by atoms with Crippen LogP contribution in [0.15, 0.2) is 35.3 Å². The van der Waals surface area contributed by atoms with Crippen LogP contribution in [0, 0.1) is 11.8 Å². The molecule has 84 valence electrons. The van der Waals surface area contributed by atoms with E-state index in [0.29, 0.717) is 5.92 Å². The number of hydrogen-bond acceptors (Lipinski definition) is 2. The van der Waals surface area contributed by atoms with E-state index in [9.17, 15) is 0 Å². The summed E-state index contributed by atoms with van der Waals surface area (Å²) in [5.41, 5.74) is 1.44. The number of nitrogens with one attached hydrogen (secondary N) is 1. The lowest BCUT2D eigenvalue weighted by atomic mass is 9.93. The molecule has 2 heteroatoms. The van der Waals surface area contributed by atoms with Gasteiger partial charge in [-0.25, -0.2) is 0 Å². The maximum absolute atomic E-state index is 4.60. The van der Waals surface area contributed by atoms with Crippen molar-refractivity contribution in [2.45, 2.75) is 19.3 Å². The Morgan fingerprint density at radius 1 is 1.25 bits per heavy atom. The highest BCUT2D eigenvalue weighted by molar-refractivity contribution is 5.86. The van der Waals surface area contributed by atoms with Crippen LogP contribution in [0.5, 0.6) is 0 Å². The van der Waals surface area contributed by atoms with E-state index in [1.807, 2.05) is 0 Å². The van der Waals surface area contributed by atoms with E-state index in [0.717, 1.165) is 25.4 Å². The lowest BCUT2D eigenvalue weighted by Gasteiger charge is -2.16. The van der Waals surface area contributed by atoms with Gasteiger partial charge in [-0.15, -0.1) is 0 Å². The normalized spacial score (nSPS) is 21.4. The van der Waals surface area contributed by atoms with Gasteiger partial charge in [0.1, 0.15) is 5.84 Å². The Bertz CT molecular complexity index is 379. The van der Waals surface area contributed by atoms with Crippen LogP contribution in [0.2, 0.25) is 0 Å². The van der Waals surface area contributed by atoms with Crippen molar-refractivity contribution >= 4 is 5.84 Å². The van der Waals surface area contributed by atoms with Crippen molar-refractivity contribution in [2.75, 3.05) is 13.1 Å². The summed E-state index contributed by atoms with van der Waals surface area (Å²) in [7, 11) is 0. The van der Waals surface area contributed by atoms with E-state index in [4.69, 9.17) is 0 Å². The molecule has 0 spiro atoms. The second-order valence-electron chi connectivity index (χ2n) is 4.83. The Hall–Kier alpha value is -1.31. The van der Waals surface area contributed by atoms with Gasteiger partial charge in [0.2, 0.25) is 0 Å². The van der Waals surface area contributed by atoms with Gasteiger partial charge in [0.25, 0.3) is 0 Å².